The minimum absolute atomic E-state index is 0.279. The van der Waals surface area contributed by atoms with Crippen molar-refractivity contribution in [3.63, 3.8) is 0 Å². The van der Waals surface area contributed by atoms with Crippen LogP contribution in [-0.4, -0.2) is 5.91 Å². The largest absolute Gasteiger partial charge is 0.322 e. The van der Waals surface area contributed by atoms with Crippen LogP contribution in [-0.2, 0) is 0 Å². The molecule has 0 aromatic heterocycles. The maximum atomic E-state index is 13.0. The maximum absolute atomic E-state index is 13.0. The minimum atomic E-state index is -0.330. The van der Waals surface area contributed by atoms with Crippen molar-refractivity contribution in [3.8, 4) is 0 Å². The first-order valence-corrected chi connectivity index (χ1v) is 6.67. The molecule has 1 amide bonds. The van der Waals surface area contributed by atoms with Crippen molar-refractivity contribution in [1.82, 2.24) is 0 Å². The lowest BCUT2D eigenvalue weighted by atomic mass is 10.1. The molecule has 0 aliphatic rings. The van der Waals surface area contributed by atoms with Gasteiger partial charge in [0.25, 0.3) is 5.91 Å². The zero-order valence-corrected chi connectivity index (χ0v) is 12.3. The average Bonchev–Trinajstić information content (AvgIpc) is 2.32. The third-order valence-electron chi connectivity index (χ3n) is 2.61. The molecule has 5 heteroatoms. The number of hydrogen-bond donors (Lipinski definition) is 1. The number of benzene rings is 2. The first kappa shape index (κ1) is 14.0. The van der Waals surface area contributed by atoms with E-state index in [9.17, 15) is 9.18 Å². The standard InChI is InChI=1S/C14H10BrClFNO/c1-8-6-10(17)3-5-13(8)18-14(19)11-4-2-9(16)7-12(11)15/h2-7H,1H3,(H,18,19). The molecule has 0 bridgehead atoms. The fourth-order valence-electron chi connectivity index (χ4n) is 1.63. The van der Waals surface area contributed by atoms with Gasteiger partial charge in [0.15, 0.2) is 0 Å². The normalized spacial score (nSPS) is 10.3. The average molecular weight is 343 g/mol. The van der Waals surface area contributed by atoms with E-state index < -0.39 is 0 Å². The molecule has 2 nitrogen and oxygen atoms in total. The summed E-state index contributed by atoms with van der Waals surface area (Å²) < 4.78 is 13.6. The van der Waals surface area contributed by atoms with Crippen LogP contribution in [0.1, 0.15) is 15.9 Å². The van der Waals surface area contributed by atoms with Gasteiger partial charge >= 0.3 is 0 Å². The molecule has 0 aliphatic heterocycles. The van der Waals surface area contributed by atoms with E-state index in [1.165, 1.54) is 18.2 Å². The second-order valence-electron chi connectivity index (χ2n) is 4.04. The molecule has 0 radical (unpaired) electrons. The lowest BCUT2D eigenvalue weighted by molar-refractivity contribution is 0.102. The summed E-state index contributed by atoms with van der Waals surface area (Å²) >= 11 is 9.11. The van der Waals surface area contributed by atoms with Crippen LogP contribution in [0.15, 0.2) is 40.9 Å². The summed E-state index contributed by atoms with van der Waals surface area (Å²) in [6.45, 7) is 1.73. The van der Waals surface area contributed by atoms with Crippen LogP contribution >= 0.6 is 27.5 Å². The second kappa shape index (κ2) is 5.72. The second-order valence-corrected chi connectivity index (χ2v) is 5.33. The van der Waals surface area contributed by atoms with E-state index >= 15 is 0 Å². The van der Waals surface area contributed by atoms with Gasteiger partial charge in [-0.05, 0) is 64.8 Å². The minimum Gasteiger partial charge on any atom is -0.322 e. The molecular weight excluding hydrogens is 333 g/mol. The highest BCUT2D eigenvalue weighted by Gasteiger charge is 2.11. The van der Waals surface area contributed by atoms with Crippen molar-refractivity contribution < 1.29 is 9.18 Å². The summed E-state index contributed by atoms with van der Waals surface area (Å²) in [5.41, 5.74) is 1.71. The zero-order chi connectivity index (χ0) is 14.0. The molecule has 2 rings (SSSR count). The lowest BCUT2D eigenvalue weighted by Crippen LogP contribution is -2.13. The van der Waals surface area contributed by atoms with Crippen molar-refractivity contribution in [2.24, 2.45) is 0 Å². The molecule has 2 aromatic rings. The highest BCUT2D eigenvalue weighted by molar-refractivity contribution is 9.10. The summed E-state index contributed by atoms with van der Waals surface area (Å²) in [5.74, 6) is -0.610. The van der Waals surface area contributed by atoms with Crippen LogP contribution in [0, 0.1) is 12.7 Å². The van der Waals surface area contributed by atoms with Crippen molar-refractivity contribution >= 4 is 39.1 Å². The predicted octanol–water partition coefficient (Wildman–Crippen LogP) is 4.80. The number of rotatable bonds is 2. The van der Waals surface area contributed by atoms with E-state index in [0.29, 0.717) is 26.3 Å². The molecule has 0 saturated heterocycles. The molecule has 0 unspecified atom stereocenters. The summed E-state index contributed by atoms with van der Waals surface area (Å²) in [4.78, 5) is 12.1. The number of carbonyl (C=O) groups is 1. The van der Waals surface area contributed by atoms with Crippen LogP contribution < -0.4 is 5.32 Å². The summed E-state index contributed by atoms with van der Waals surface area (Å²) in [5, 5.41) is 3.28. The van der Waals surface area contributed by atoms with Crippen molar-refractivity contribution in [3.05, 3.63) is 62.8 Å². The van der Waals surface area contributed by atoms with E-state index in [2.05, 4.69) is 21.2 Å². The molecule has 98 valence electrons. The van der Waals surface area contributed by atoms with Gasteiger partial charge in [0.05, 0.1) is 5.56 Å². The molecular formula is C14H10BrClFNO. The van der Waals surface area contributed by atoms with Crippen molar-refractivity contribution in [1.29, 1.82) is 0 Å². The predicted molar refractivity (Wildman–Crippen MR) is 78.2 cm³/mol. The van der Waals surface area contributed by atoms with Gasteiger partial charge in [0.2, 0.25) is 0 Å². The van der Waals surface area contributed by atoms with Crippen LogP contribution in [0.4, 0.5) is 10.1 Å². The van der Waals surface area contributed by atoms with E-state index in [4.69, 9.17) is 11.6 Å². The highest BCUT2D eigenvalue weighted by atomic mass is 79.9. The quantitative estimate of drug-likeness (QED) is 0.834. The molecule has 0 atom stereocenters. The summed E-state index contributed by atoms with van der Waals surface area (Å²) in [7, 11) is 0. The molecule has 0 aliphatic carbocycles. The third-order valence-corrected chi connectivity index (χ3v) is 3.50. The van der Waals surface area contributed by atoms with Gasteiger partial charge in [-0.15, -0.1) is 0 Å². The number of halogens is 3. The van der Waals surface area contributed by atoms with Gasteiger partial charge in [0.1, 0.15) is 5.82 Å². The first-order valence-electron chi connectivity index (χ1n) is 5.50. The first-order chi connectivity index (χ1) is 8.97. The van der Waals surface area contributed by atoms with Gasteiger partial charge in [-0.25, -0.2) is 4.39 Å². The number of aryl methyl sites for hydroxylation is 1. The smallest absolute Gasteiger partial charge is 0.256 e. The van der Waals surface area contributed by atoms with Gasteiger partial charge in [-0.3, -0.25) is 4.79 Å². The number of amides is 1. The monoisotopic (exact) mass is 341 g/mol. The Morgan fingerprint density at radius 1 is 1.26 bits per heavy atom. The fourth-order valence-corrected chi connectivity index (χ4v) is 2.49. The van der Waals surface area contributed by atoms with Gasteiger partial charge in [-0.1, -0.05) is 11.6 Å². The Labute approximate surface area is 123 Å². The molecule has 2 aromatic carbocycles. The molecule has 0 fully saturated rings. The third kappa shape index (κ3) is 3.33. The zero-order valence-electron chi connectivity index (χ0n) is 10.0. The topological polar surface area (TPSA) is 29.1 Å². The molecule has 0 heterocycles. The van der Waals surface area contributed by atoms with E-state index in [1.807, 2.05) is 0 Å². The Bertz CT molecular complexity index is 645. The molecule has 1 N–H and O–H groups in total. The van der Waals surface area contributed by atoms with Crippen LogP contribution in [0.2, 0.25) is 5.02 Å². The van der Waals surface area contributed by atoms with Crippen molar-refractivity contribution in [2.45, 2.75) is 6.92 Å². The van der Waals surface area contributed by atoms with Gasteiger partial charge in [0, 0.05) is 15.2 Å². The fraction of sp³-hybridized carbons (Fsp3) is 0.0714. The van der Waals surface area contributed by atoms with E-state index in [-0.39, 0.29) is 11.7 Å². The number of carbonyl (C=O) groups excluding carboxylic acids is 1. The molecule has 19 heavy (non-hydrogen) atoms. The Morgan fingerprint density at radius 3 is 2.63 bits per heavy atom. The van der Waals surface area contributed by atoms with Crippen LogP contribution in [0.25, 0.3) is 0 Å². The summed E-state index contributed by atoms with van der Waals surface area (Å²) in [6.07, 6.45) is 0. The Kier molecular flexibility index (Phi) is 4.22. The van der Waals surface area contributed by atoms with Crippen LogP contribution in [0.5, 0.6) is 0 Å². The SMILES string of the molecule is Cc1cc(F)ccc1NC(=O)c1ccc(Cl)cc1Br. The lowest BCUT2D eigenvalue weighted by Gasteiger charge is -2.09. The van der Waals surface area contributed by atoms with Gasteiger partial charge < -0.3 is 5.32 Å². The number of hydrogen-bond acceptors (Lipinski definition) is 1. The maximum Gasteiger partial charge on any atom is 0.256 e. The van der Waals surface area contributed by atoms with Crippen molar-refractivity contribution in [2.75, 3.05) is 5.32 Å². The summed E-state index contributed by atoms with van der Waals surface area (Å²) in [6, 6.07) is 9.12. The Morgan fingerprint density at radius 2 is 2.00 bits per heavy atom. The molecule has 0 spiro atoms. The number of nitrogens with one attached hydrogen (secondary N) is 1. The Hall–Kier alpha value is -1.39. The van der Waals surface area contributed by atoms with Gasteiger partial charge in [-0.2, -0.15) is 0 Å². The highest BCUT2D eigenvalue weighted by Crippen LogP contribution is 2.23. The molecule has 0 saturated carbocycles. The van der Waals surface area contributed by atoms with E-state index in [1.54, 1.807) is 25.1 Å². The van der Waals surface area contributed by atoms with Crippen LogP contribution in [0.3, 0.4) is 0 Å². The van der Waals surface area contributed by atoms with E-state index in [0.717, 1.165) is 0 Å². The number of anilines is 1. The Balaban J connectivity index is 2.25.